The van der Waals surface area contributed by atoms with Crippen LogP contribution in [0.25, 0.3) is 11.1 Å². The molecule has 1 N–H and O–H groups in total. The minimum Gasteiger partial charge on any atom is -0.508 e. The van der Waals surface area contributed by atoms with Gasteiger partial charge in [-0.05, 0) is 36.3 Å². The quantitative estimate of drug-likeness (QED) is 0.757. The summed E-state index contributed by atoms with van der Waals surface area (Å²) in [4.78, 5) is 15.8. The highest BCUT2D eigenvalue weighted by atomic mass is 35.5. The van der Waals surface area contributed by atoms with Gasteiger partial charge in [-0.25, -0.2) is 0 Å². The predicted molar refractivity (Wildman–Crippen MR) is 110 cm³/mol. The van der Waals surface area contributed by atoms with Gasteiger partial charge in [-0.2, -0.15) is 0 Å². The number of phenols is 1. The molecule has 0 aromatic heterocycles. The topological polar surface area (TPSA) is 43.8 Å². The number of piperazine rings is 1. The standard InChI is InChI=1S/C21H22Cl2N2O2/c1-2-21(27)25-11-9-24(10-12-25)8-7-15-13-17(19(23)14-20(15)26)16-5-3-4-6-18(16)22/h2-6,13-14,26H,1,7-12H2. The van der Waals surface area contributed by atoms with Crippen LogP contribution in [0.4, 0.5) is 0 Å². The molecule has 0 atom stereocenters. The Hall–Kier alpha value is -2.01. The van der Waals surface area contributed by atoms with E-state index in [9.17, 15) is 9.90 Å². The molecule has 2 aromatic carbocycles. The summed E-state index contributed by atoms with van der Waals surface area (Å²) in [5.41, 5.74) is 2.50. The smallest absolute Gasteiger partial charge is 0.246 e. The monoisotopic (exact) mass is 404 g/mol. The Bertz CT molecular complexity index is 846. The molecule has 142 valence electrons. The summed E-state index contributed by atoms with van der Waals surface area (Å²) in [6.07, 6.45) is 2.05. The third kappa shape index (κ3) is 4.64. The molecule has 0 aliphatic carbocycles. The van der Waals surface area contributed by atoms with Crippen molar-refractivity contribution in [2.45, 2.75) is 6.42 Å². The van der Waals surface area contributed by atoms with Gasteiger partial charge in [0.1, 0.15) is 5.75 Å². The summed E-state index contributed by atoms with van der Waals surface area (Å²) < 4.78 is 0. The Morgan fingerprint density at radius 2 is 1.78 bits per heavy atom. The van der Waals surface area contributed by atoms with Crippen LogP contribution in [-0.4, -0.2) is 53.5 Å². The molecule has 27 heavy (non-hydrogen) atoms. The minimum atomic E-state index is -0.0191. The number of carbonyl (C=O) groups excluding carboxylic acids is 1. The second kappa shape index (κ2) is 8.79. The largest absolute Gasteiger partial charge is 0.508 e. The van der Waals surface area contributed by atoms with Gasteiger partial charge in [0.2, 0.25) is 5.91 Å². The molecule has 1 amide bonds. The summed E-state index contributed by atoms with van der Waals surface area (Å²) >= 11 is 12.6. The molecular formula is C21H22Cl2N2O2. The normalized spacial score (nSPS) is 15.0. The molecular weight excluding hydrogens is 383 g/mol. The number of carbonyl (C=O) groups is 1. The fourth-order valence-corrected chi connectivity index (χ4v) is 3.79. The Labute approximate surface area is 169 Å². The number of rotatable bonds is 5. The van der Waals surface area contributed by atoms with Crippen molar-refractivity contribution in [3.8, 4) is 16.9 Å². The first-order valence-corrected chi connectivity index (χ1v) is 9.65. The second-order valence-electron chi connectivity index (χ2n) is 6.56. The Morgan fingerprint density at radius 1 is 1.07 bits per heavy atom. The van der Waals surface area contributed by atoms with E-state index in [4.69, 9.17) is 23.2 Å². The highest BCUT2D eigenvalue weighted by molar-refractivity contribution is 6.36. The van der Waals surface area contributed by atoms with E-state index in [0.717, 1.165) is 36.3 Å². The first-order chi connectivity index (χ1) is 13.0. The summed E-state index contributed by atoms with van der Waals surface area (Å²) in [5, 5.41) is 11.4. The maximum Gasteiger partial charge on any atom is 0.246 e. The van der Waals surface area contributed by atoms with Crippen LogP contribution >= 0.6 is 23.2 Å². The predicted octanol–water partition coefficient (Wildman–Crippen LogP) is 4.24. The van der Waals surface area contributed by atoms with Gasteiger partial charge in [-0.1, -0.05) is 48.0 Å². The van der Waals surface area contributed by atoms with Crippen LogP contribution in [0, 0.1) is 0 Å². The molecule has 0 unspecified atom stereocenters. The van der Waals surface area contributed by atoms with Crippen molar-refractivity contribution in [2.24, 2.45) is 0 Å². The molecule has 2 aromatic rings. The number of hydrogen-bond donors (Lipinski definition) is 1. The molecule has 0 radical (unpaired) electrons. The average Bonchev–Trinajstić information content (AvgIpc) is 2.68. The Balaban J connectivity index is 1.69. The van der Waals surface area contributed by atoms with Gasteiger partial charge in [-0.3, -0.25) is 9.69 Å². The maximum absolute atomic E-state index is 11.7. The maximum atomic E-state index is 11.7. The molecule has 3 rings (SSSR count). The van der Waals surface area contributed by atoms with Crippen molar-refractivity contribution in [2.75, 3.05) is 32.7 Å². The number of halogens is 2. The molecule has 4 nitrogen and oxygen atoms in total. The lowest BCUT2D eigenvalue weighted by Crippen LogP contribution is -2.48. The van der Waals surface area contributed by atoms with Gasteiger partial charge >= 0.3 is 0 Å². The second-order valence-corrected chi connectivity index (χ2v) is 7.38. The lowest BCUT2D eigenvalue weighted by atomic mass is 10.0. The number of amides is 1. The third-order valence-electron chi connectivity index (χ3n) is 4.89. The average molecular weight is 405 g/mol. The Kier molecular flexibility index (Phi) is 6.42. The molecule has 1 aliphatic heterocycles. The number of hydrogen-bond acceptors (Lipinski definition) is 3. The van der Waals surface area contributed by atoms with Gasteiger partial charge in [0.05, 0.1) is 5.02 Å². The zero-order valence-corrected chi connectivity index (χ0v) is 16.5. The lowest BCUT2D eigenvalue weighted by Gasteiger charge is -2.34. The van der Waals surface area contributed by atoms with Crippen molar-refractivity contribution in [3.63, 3.8) is 0 Å². The summed E-state index contributed by atoms with van der Waals surface area (Å²) in [5.74, 6) is 0.172. The van der Waals surface area contributed by atoms with Crippen molar-refractivity contribution < 1.29 is 9.90 Å². The first-order valence-electron chi connectivity index (χ1n) is 8.89. The van der Waals surface area contributed by atoms with Crippen LogP contribution in [0.5, 0.6) is 5.75 Å². The van der Waals surface area contributed by atoms with Crippen molar-refractivity contribution in [1.29, 1.82) is 0 Å². The van der Waals surface area contributed by atoms with Gasteiger partial charge in [0.15, 0.2) is 0 Å². The minimum absolute atomic E-state index is 0.0191. The molecule has 1 aliphatic rings. The van der Waals surface area contributed by atoms with E-state index in [0.29, 0.717) is 29.6 Å². The van der Waals surface area contributed by atoms with E-state index in [-0.39, 0.29) is 11.7 Å². The van der Waals surface area contributed by atoms with Gasteiger partial charge < -0.3 is 10.0 Å². The highest BCUT2D eigenvalue weighted by Gasteiger charge is 2.20. The van der Waals surface area contributed by atoms with E-state index < -0.39 is 0 Å². The number of nitrogens with zero attached hydrogens (tertiary/aromatic N) is 2. The molecule has 1 heterocycles. The van der Waals surface area contributed by atoms with E-state index >= 15 is 0 Å². The number of phenolic OH excluding ortho intramolecular Hbond substituents is 1. The molecule has 1 saturated heterocycles. The van der Waals surface area contributed by atoms with Crippen LogP contribution < -0.4 is 0 Å². The molecule has 6 heteroatoms. The van der Waals surface area contributed by atoms with E-state index in [1.807, 2.05) is 30.3 Å². The zero-order valence-electron chi connectivity index (χ0n) is 15.0. The fraction of sp³-hybridized carbons (Fsp3) is 0.286. The van der Waals surface area contributed by atoms with Crippen molar-refractivity contribution in [3.05, 3.63) is 64.7 Å². The summed E-state index contributed by atoms with van der Waals surface area (Å²) in [7, 11) is 0. The lowest BCUT2D eigenvalue weighted by molar-refractivity contribution is -0.127. The van der Waals surface area contributed by atoms with Crippen LogP contribution in [0.15, 0.2) is 49.1 Å². The summed E-state index contributed by atoms with van der Waals surface area (Å²) in [6, 6.07) is 11.0. The number of benzene rings is 2. The van der Waals surface area contributed by atoms with Crippen molar-refractivity contribution in [1.82, 2.24) is 9.80 Å². The number of aromatic hydroxyl groups is 1. The fourth-order valence-electron chi connectivity index (χ4n) is 3.29. The molecule has 0 spiro atoms. The van der Waals surface area contributed by atoms with Gasteiger partial charge in [0, 0.05) is 48.9 Å². The summed E-state index contributed by atoms with van der Waals surface area (Å²) in [6.45, 7) is 7.35. The van der Waals surface area contributed by atoms with E-state index in [1.54, 1.807) is 11.0 Å². The highest BCUT2D eigenvalue weighted by Crippen LogP contribution is 2.37. The van der Waals surface area contributed by atoms with Crippen LogP contribution in [0.3, 0.4) is 0 Å². The van der Waals surface area contributed by atoms with Gasteiger partial charge in [-0.15, -0.1) is 0 Å². The van der Waals surface area contributed by atoms with Crippen LogP contribution in [0.1, 0.15) is 5.56 Å². The van der Waals surface area contributed by atoms with Crippen molar-refractivity contribution >= 4 is 29.1 Å². The molecule has 0 saturated carbocycles. The van der Waals surface area contributed by atoms with Crippen LogP contribution in [-0.2, 0) is 11.2 Å². The zero-order chi connectivity index (χ0) is 19.4. The van der Waals surface area contributed by atoms with E-state index in [1.165, 1.54) is 6.08 Å². The Morgan fingerprint density at radius 3 is 2.44 bits per heavy atom. The molecule has 0 bridgehead atoms. The molecule has 1 fully saturated rings. The van der Waals surface area contributed by atoms with E-state index in [2.05, 4.69) is 11.5 Å². The van der Waals surface area contributed by atoms with Gasteiger partial charge in [0.25, 0.3) is 0 Å². The third-order valence-corrected chi connectivity index (χ3v) is 5.53. The SMILES string of the molecule is C=CC(=O)N1CCN(CCc2cc(-c3ccccc3Cl)c(Cl)cc2O)CC1. The first kappa shape index (κ1) is 19.7. The van der Waals surface area contributed by atoms with Crippen LogP contribution in [0.2, 0.25) is 10.0 Å².